The Labute approximate surface area is 170 Å². The summed E-state index contributed by atoms with van der Waals surface area (Å²) >= 11 is 0. The third-order valence-electron chi connectivity index (χ3n) is 4.60. The molecule has 0 unspecified atom stereocenters. The molecule has 148 valence electrons. The van der Waals surface area contributed by atoms with Crippen molar-refractivity contribution in [1.29, 1.82) is 0 Å². The average molecular weight is 388 g/mol. The molecular weight excluding hydrogens is 364 g/mol. The fraction of sp³-hybridized carbons (Fsp3) is 0.217. The second-order valence-corrected chi connectivity index (χ2v) is 7.17. The highest BCUT2D eigenvalue weighted by Gasteiger charge is 2.15. The van der Waals surface area contributed by atoms with Gasteiger partial charge in [0.05, 0.1) is 0 Å². The van der Waals surface area contributed by atoms with Gasteiger partial charge in [-0.2, -0.15) is 0 Å². The molecule has 3 rings (SSSR count). The molecule has 0 bridgehead atoms. The quantitative estimate of drug-likeness (QED) is 0.574. The molecule has 0 aliphatic carbocycles. The molecule has 1 amide bonds. The number of hydrogen-bond acceptors (Lipinski definition) is 5. The fourth-order valence-electron chi connectivity index (χ4n) is 2.98. The van der Waals surface area contributed by atoms with Gasteiger partial charge in [-0.25, -0.2) is 9.97 Å². The zero-order chi connectivity index (χ0) is 21.0. The first-order valence-electron chi connectivity index (χ1n) is 9.47. The second kappa shape index (κ2) is 8.65. The molecule has 1 aromatic heterocycles. The number of aryl methyl sites for hydroxylation is 1. The fourth-order valence-corrected chi connectivity index (χ4v) is 2.98. The minimum absolute atomic E-state index is 0.00319. The highest BCUT2D eigenvalue weighted by Crippen LogP contribution is 2.27. The van der Waals surface area contributed by atoms with Crippen molar-refractivity contribution in [3.8, 4) is 0 Å². The Hall–Kier alpha value is -3.54. The number of ketones is 1. The van der Waals surface area contributed by atoms with E-state index < -0.39 is 0 Å². The van der Waals surface area contributed by atoms with Crippen LogP contribution in [0.5, 0.6) is 0 Å². The minimum Gasteiger partial charge on any atom is -0.324 e. The Balaban J connectivity index is 1.79. The van der Waals surface area contributed by atoms with Crippen LogP contribution in [0.1, 0.15) is 58.7 Å². The molecule has 0 aliphatic heterocycles. The van der Waals surface area contributed by atoms with Gasteiger partial charge in [0.2, 0.25) is 5.95 Å². The van der Waals surface area contributed by atoms with E-state index in [0.717, 1.165) is 22.5 Å². The summed E-state index contributed by atoms with van der Waals surface area (Å²) < 4.78 is 0. The molecule has 1 heterocycles. The van der Waals surface area contributed by atoms with E-state index in [1.165, 1.54) is 13.1 Å². The number of benzene rings is 2. The van der Waals surface area contributed by atoms with Crippen molar-refractivity contribution < 1.29 is 9.59 Å². The third kappa shape index (κ3) is 4.85. The van der Waals surface area contributed by atoms with Gasteiger partial charge in [0.1, 0.15) is 5.69 Å². The van der Waals surface area contributed by atoms with Crippen molar-refractivity contribution in [2.75, 3.05) is 10.6 Å². The predicted molar refractivity (Wildman–Crippen MR) is 115 cm³/mol. The maximum absolute atomic E-state index is 12.8. The number of nitrogens with one attached hydrogen (secondary N) is 2. The molecule has 6 nitrogen and oxygen atoms in total. The summed E-state index contributed by atoms with van der Waals surface area (Å²) in [7, 11) is 0. The minimum atomic E-state index is -0.293. The topological polar surface area (TPSA) is 84.0 Å². The number of anilines is 3. The lowest BCUT2D eigenvalue weighted by Crippen LogP contribution is -2.17. The highest BCUT2D eigenvalue weighted by molar-refractivity contribution is 6.04. The summed E-state index contributed by atoms with van der Waals surface area (Å²) in [6.07, 6.45) is 1.54. The summed E-state index contributed by atoms with van der Waals surface area (Å²) in [4.78, 5) is 32.7. The van der Waals surface area contributed by atoms with E-state index in [1.54, 1.807) is 30.3 Å². The van der Waals surface area contributed by atoms with Crippen LogP contribution in [0.4, 0.5) is 17.3 Å². The van der Waals surface area contributed by atoms with Gasteiger partial charge >= 0.3 is 0 Å². The molecule has 29 heavy (non-hydrogen) atoms. The molecule has 0 saturated heterocycles. The molecule has 0 saturated carbocycles. The van der Waals surface area contributed by atoms with Crippen molar-refractivity contribution in [3.63, 3.8) is 0 Å². The molecular formula is C23H24N4O2. The van der Waals surface area contributed by atoms with Crippen LogP contribution in [0.15, 0.2) is 54.7 Å². The van der Waals surface area contributed by atoms with Gasteiger partial charge < -0.3 is 10.6 Å². The number of carbonyl (C=O) groups is 2. The number of carbonyl (C=O) groups excluding carboxylic acids is 2. The van der Waals surface area contributed by atoms with Crippen molar-refractivity contribution in [1.82, 2.24) is 9.97 Å². The van der Waals surface area contributed by atoms with Crippen LogP contribution in [0.3, 0.4) is 0 Å². The molecule has 0 aliphatic rings. The van der Waals surface area contributed by atoms with Gasteiger partial charge in [-0.15, -0.1) is 0 Å². The normalized spacial score (nSPS) is 10.7. The van der Waals surface area contributed by atoms with E-state index in [-0.39, 0.29) is 23.3 Å². The zero-order valence-electron chi connectivity index (χ0n) is 17.0. The molecule has 6 heteroatoms. The number of hydrogen-bond donors (Lipinski definition) is 2. The number of para-hydroxylation sites is 1. The van der Waals surface area contributed by atoms with Crippen molar-refractivity contribution >= 4 is 29.0 Å². The van der Waals surface area contributed by atoms with Crippen molar-refractivity contribution in [3.05, 3.63) is 77.1 Å². The largest absolute Gasteiger partial charge is 0.324 e. The van der Waals surface area contributed by atoms with Crippen LogP contribution in [0, 0.1) is 6.92 Å². The zero-order valence-corrected chi connectivity index (χ0v) is 17.0. The number of amides is 1. The Morgan fingerprint density at radius 1 is 1.00 bits per heavy atom. The van der Waals surface area contributed by atoms with E-state index >= 15 is 0 Å². The number of rotatable bonds is 6. The first-order valence-corrected chi connectivity index (χ1v) is 9.47. The summed E-state index contributed by atoms with van der Waals surface area (Å²) in [6.45, 7) is 7.68. The Morgan fingerprint density at radius 3 is 2.38 bits per heavy atom. The van der Waals surface area contributed by atoms with Gasteiger partial charge in [0, 0.05) is 23.1 Å². The Bertz CT molecular complexity index is 1040. The SMILES string of the molecule is CC(=O)c1ccc(Nc2nccc(C(=O)Nc3c(C)cccc3C(C)C)n2)cc1. The van der Waals surface area contributed by atoms with E-state index in [1.807, 2.05) is 25.1 Å². The number of aromatic nitrogens is 2. The summed E-state index contributed by atoms with van der Waals surface area (Å²) in [5.74, 6) is 0.301. The van der Waals surface area contributed by atoms with E-state index in [0.29, 0.717) is 11.5 Å². The van der Waals surface area contributed by atoms with E-state index in [4.69, 9.17) is 0 Å². The second-order valence-electron chi connectivity index (χ2n) is 7.17. The summed E-state index contributed by atoms with van der Waals surface area (Å²) in [5.41, 5.74) is 4.53. The van der Waals surface area contributed by atoms with Crippen LogP contribution < -0.4 is 10.6 Å². The molecule has 0 spiro atoms. The van der Waals surface area contributed by atoms with Crippen molar-refractivity contribution in [2.45, 2.75) is 33.6 Å². The van der Waals surface area contributed by atoms with Crippen LogP contribution in [-0.4, -0.2) is 21.7 Å². The van der Waals surface area contributed by atoms with Crippen LogP contribution in [0.25, 0.3) is 0 Å². The van der Waals surface area contributed by atoms with Crippen LogP contribution in [-0.2, 0) is 0 Å². The molecule has 2 aromatic carbocycles. The van der Waals surface area contributed by atoms with Gasteiger partial charge in [-0.3, -0.25) is 9.59 Å². The standard InChI is InChI=1S/C23H24N4O2/c1-14(2)19-7-5-6-15(3)21(19)27-22(29)20-12-13-24-23(26-20)25-18-10-8-17(9-11-18)16(4)28/h5-14H,1-4H3,(H,27,29)(H,24,25,26). The van der Waals surface area contributed by atoms with Gasteiger partial charge in [-0.1, -0.05) is 32.0 Å². The van der Waals surface area contributed by atoms with E-state index in [2.05, 4.69) is 34.4 Å². The maximum Gasteiger partial charge on any atom is 0.274 e. The summed E-state index contributed by atoms with van der Waals surface area (Å²) in [5, 5.41) is 6.05. The molecule has 3 aromatic rings. The van der Waals surface area contributed by atoms with Gasteiger partial charge in [0.25, 0.3) is 5.91 Å². The van der Waals surface area contributed by atoms with E-state index in [9.17, 15) is 9.59 Å². The Kier molecular flexibility index (Phi) is 6.02. The van der Waals surface area contributed by atoms with Crippen LogP contribution >= 0.6 is 0 Å². The van der Waals surface area contributed by atoms with Crippen molar-refractivity contribution in [2.24, 2.45) is 0 Å². The maximum atomic E-state index is 12.8. The van der Waals surface area contributed by atoms with Crippen LogP contribution in [0.2, 0.25) is 0 Å². The first-order chi connectivity index (χ1) is 13.8. The molecule has 0 radical (unpaired) electrons. The first kappa shape index (κ1) is 20.2. The van der Waals surface area contributed by atoms with Gasteiger partial charge in [-0.05, 0) is 61.2 Å². The number of nitrogens with zero attached hydrogens (tertiary/aromatic N) is 2. The summed E-state index contributed by atoms with van der Waals surface area (Å²) in [6, 6.07) is 14.6. The monoisotopic (exact) mass is 388 g/mol. The lowest BCUT2D eigenvalue weighted by atomic mass is 9.98. The average Bonchev–Trinajstić information content (AvgIpc) is 2.70. The highest BCUT2D eigenvalue weighted by atomic mass is 16.2. The predicted octanol–water partition coefficient (Wildman–Crippen LogP) is 5.11. The lowest BCUT2D eigenvalue weighted by molar-refractivity contribution is 0.101. The Morgan fingerprint density at radius 2 is 1.72 bits per heavy atom. The molecule has 0 fully saturated rings. The van der Waals surface area contributed by atoms with Gasteiger partial charge in [0.15, 0.2) is 5.78 Å². The lowest BCUT2D eigenvalue weighted by Gasteiger charge is -2.16. The smallest absolute Gasteiger partial charge is 0.274 e. The molecule has 0 atom stereocenters. The molecule has 2 N–H and O–H groups in total. The third-order valence-corrected chi connectivity index (χ3v) is 4.60. The number of Topliss-reactive ketones (excluding diaryl/α,β-unsaturated/α-hetero) is 1.